The Hall–Kier alpha value is -1.07. The Balaban J connectivity index is 1.94. The molecule has 1 N–H and O–H groups in total. The van der Waals surface area contributed by atoms with E-state index in [1.165, 1.54) is 5.56 Å². The number of hydrogen-bond donors (Lipinski definition) is 1. The molecule has 118 valence electrons. The van der Waals surface area contributed by atoms with Crippen LogP contribution in [-0.2, 0) is 16.6 Å². The van der Waals surface area contributed by atoms with Gasteiger partial charge in [-0.05, 0) is 43.2 Å². The molecule has 1 aromatic carbocycles. The molecule has 1 atom stereocenters. The molecule has 0 aromatic heterocycles. The van der Waals surface area contributed by atoms with Crippen molar-refractivity contribution in [2.24, 2.45) is 0 Å². The molecule has 1 aromatic rings. The van der Waals surface area contributed by atoms with Crippen molar-refractivity contribution in [3.8, 4) is 0 Å². The van der Waals surface area contributed by atoms with Gasteiger partial charge in [-0.3, -0.25) is 0 Å². The van der Waals surface area contributed by atoms with E-state index in [1.807, 2.05) is 18.2 Å². The van der Waals surface area contributed by atoms with Crippen molar-refractivity contribution in [2.75, 3.05) is 19.8 Å². The fourth-order valence-electron chi connectivity index (χ4n) is 3.21. The van der Waals surface area contributed by atoms with Gasteiger partial charge in [-0.15, -0.1) is 0 Å². The number of rotatable bonds is 6. The van der Waals surface area contributed by atoms with Gasteiger partial charge in [-0.1, -0.05) is 24.3 Å². The minimum Gasteiger partial charge on any atom is -0.395 e. The Morgan fingerprint density at radius 1 is 1.24 bits per heavy atom. The molecular weight excluding hydrogens is 281 g/mol. The lowest BCUT2D eigenvalue weighted by molar-refractivity contribution is -0.174. The van der Waals surface area contributed by atoms with Crippen molar-refractivity contribution in [3.63, 3.8) is 0 Å². The number of benzene rings is 1. The van der Waals surface area contributed by atoms with Crippen LogP contribution in [-0.4, -0.2) is 31.1 Å². The molecule has 5 heteroatoms. The summed E-state index contributed by atoms with van der Waals surface area (Å²) >= 11 is 0. The highest BCUT2D eigenvalue weighted by atomic mass is 19.4. The van der Waals surface area contributed by atoms with Crippen LogP contribution in [0.4, 0.5) is 13.2 Å². The minimum atomic E-state index is -4.27. The smallest absolute Gasteiger partial charge is 0.395 e. The lowest BCUT2D eigenvalue weighted by Gasteiger charge is -2.38. The second-order valence-electron chi connectivity index (χ2n) is 5.72. The molecular formula is C16H21F3O2. The van der Waals surface area contributed by atoms with Crippen LogP contribution >= 0.6 is 0 Å². The van der Waals surface area contributed by atoms with Crippen molar-refractivity contribution >= 4 is 0 Å². The third-order valence-electron chi connectivity index (χ3n) is 4.20. The maximum absolute atomic E-state index is 12.0. The Bertz CT molecular complexity index is 459. The Labute approximate surface area is 122 Å². The molecule has 0 amide bonds. The number of ether oxygens (including phenoxy) is 1. The highest BCUT2D eigenvalue weighted by Crippen LogP contribution is 2.40. The minimum absolute atomic E-state index is 0.0310. The van der Waals surface area contributed by atoms with Gasteiger partial charge < -0.3 is 9.84 Å². The van der Waals surface area contributed by atoms with E-state index in [9.17, 15) is 18.3 Å². The third kappa shape index (κ3) is 4.20. The van der Waals surface area contributed by atoms with E-state index >= 15 is 0 Å². The molecule has 0 saturated carbocycles. The monoisotopic (exact) mass is 302 g/mol. The van der Waals surface area contributed by atoms with Gasteiger partial charge in [0.25, 0.3) is 0 Å². The second kappa shape index (κ2) is 6.79. The number of aryl methyl sites for hydroxylation is 1. The van der Waals surface area contributed by atoms with Gasteiger partial charge in [0.2, 0.25) is 0 Å². The maximum atomic E-state index is 12.0. The van der Waals surface area contributed by atoms with Crippen LogP contribution < -0.4 is 0 Å². The van der Waals surface area contributed by atoms with Gasteiger partial charge in [0.1, 0.15) is 6.61 Å². The fraction of sp³-hybridized carbons (Fsp3) is 0.625. The van der Waals surface area contributed by atoms with Crippen LogP contribution in [0.5, 0.6) is 0 Å². The van der Waals surface area contributed by atoms with Crippen molar-refractivity contribution in [2.45, 2.75) is 43.7 Å². The normalized spacial score (nSPS) is 22.1. The molecule has 1 unspecified atom stereocenters. The molecule has 0 heterocycles. The summed E-state index contributed by atoms with van der Waals surface area (Å²) in [5.41, 5.74) is 2.07. The van der Waals surface area contributed by atoms with Crippen molar-refractivity contribution in [3.05, 3.63) is 35.4 Å². The maximum Gasteiger partial charge on any atom is 0.411 e. The summed E-state index contributed by atoms with van der Waals surface area (Å²) in [6, 6.07) is 8.04. The lowest BCUT2D eigenvalue weighted by Crippen LogP contribution is -2.35. The van der Waals surface area contributed by atoms with E-state index in [0.717, 1.165) is 24.8 Å². The van der Waals surface area contributed by atoms with E-state index in [1.54, 1.807) is 0 Å². The number of alkyl halides is 3. The van der Waals surface area contributed by atoms with Crippen molar-refractivity contribution in [1.82, 2.24) is 0 Å². The Kier molecular flexibility index (Phi) is 5.27. The van der Waals surface area contributed by atoms with Crippen LogP contribution in [0, 0.1) is 0 Å². The summed E-state index contributed by atoms with van der Waals surface area (Å²) in [6.07, 6.45) is -0.224. The number of hydrogen-bond acceptors (Lipinski definition) is 2. The molecule has 1 aliphatic carbocycles. The Morgan fingerprint density at radius 3 is 2.71 bits per heavy atom. The quantitative estimate of drug-likeness (QED) is 0.813. The first-order valence-corrected chi connectivity index (χ1v) is 7.31. The van der Waals surface area contributed by atoms with Gasteiger partial charge in [0.05, 0.1) is 6.61 Å². The molecule has 1 aliphatic rings. The zero-order valence-electron chi connectivity index (χ0n) is 12.0. The van der Waals surface area contributed by atoms with Crippen molar-refractivity contribution in [1.29, 1.82) is 0 Å². The Morgan fingerprint density at radius 2 is 2.00 bits per heavy atom. The average molecular weight is 302 g/mol. The predicted octanol–water partition coefficient (Wildman–Crippen LogP) is 3.61. The molecule has 0 spiro atoms. The molecule has 2 rings (SSSR count). The first-order valence-electron chi connectivity index (χ1n) is 7.31. The highest BCUT2D eigenvalue weighted by molar-refractivity contribution is 5.36. The molecule has 0 fully saturated rings. The summed E-state index contributed by atoms with van der Waals surface area (Å²) in [4.78, 5) is 0. The summed E-state index contributed by atoms with van der Waals surface area (Å²) in [5, 5.41) is 9.85. The lowest BCUT2D eigenvalue weighted by atomic mass is 9.68. The van der Waals surface area contributed by atoms with Gasteiger partial charge in [0.15, 0.2) is 0 Å². The molecule has 2 nitrogen and oxygen atoms in total. The first-order chi connectivity index (χ1) is 9.97. The van der Waals surface area contributed by atoms with Crippen LogP contribution in [0.1, 0.15) is 36.8 Å². The molecule has 0 radical (unpaired) electrons. The topological polar surface area (TPSA) is 29.5 Å². The van der Waals surface area contributed by atoms with E-state index in [2.05, 4.69) is 10.8 Å². The van der Waals surface area contributed by atoms with E-state index < -0.39 is 12.8 Å². The van der Waals surface area contributed by atoms with Crippen LogP contribution in [0.2, 0.25) is 0 Å². The molecule has 0 bridgehead atoms. The highest BCUT2D eigenvalue weighted by Gasteiger charge is 2.35. The van der Waals surface area contributed by atoms with E-state index in [-0.39, 0.29) is 18.6 Å². The standard InChI is InChI=1S/C16H21F3O2/c17-16(18,19)12-21-10-4-9-15(11-20)8-3-6-13-5-1-2-7-14(13)15/h1-2,5,7,20H,3-4,6,8-12H2. The zero-order valence-corrected chi connectivity index (χ0v) is 12.0. The van der Waals surface area contributed by atoms with E-state index in [4.69, 9.17) is 0 Å². The summed E-state index contributed by atoms with van der Waals surface area (Å²) in [5.74, 6) is 0. The van der Waals surface area contributed by atoms with Crippen LogP contribution in [0.3, 0.4) is 0 Å². The second-order valence-corrected chi connectivity index (χ2v) is 5.72. The SMILES string of the molecule is OCC1(CCCOCC(F)(F)F)CCCc2ccccc21. The third-order valence-corrected chi connectivity index (χ3v) is 4.20. The van der Waals surface area contributed by atoms with Crippen LogP contribution in [0.25, 0.3) is 0 Å². The van der Waals surface area contributed by atoms with Gasteiger partial charge in [-0.25, -0.2) is 0 Å². The molecule has 21 heavy (non-hydrogen) atoms. The fourth-order valence-corrected chi connectivity index (χ4v) is 3.21. The van der Waals surface area contributed by atoms with Gasteiger partial charge >= 0.3 is 6.18 Å². The molecule has 0 aliphatic heterocycles. The number of aliphatic hydroxyl groups excluding tert-OH is 1. The number of halogens is 3. The van der Waals surface area contributed by atoms with Crippen molar-refractivity contribution < 1.29 is 23.0 Å². The first kappa shape index (κ1) is 16.3. The van der Waals surface area contributed by atoms with Gasteiger partial charge in [-0.2, -0.15) is 13.2 Å². The summed E-state index contributed by atoms with van der Waals surface area (Å²) < 4.78 is 40.7. The largest absolute Gasteiger partial charge is 0.411 e. The molecule has 0 saturated heterocycles. The van der Waals surface area contributed by atoms with E-state index in [0.29, 0.717) is 12.8 Å². The number of fused-ring (bicyclic) bond motifs is 1. The predicted molar refractivity (Wildman–Crippen MR) is 74.3 cm³/mol. The van der Waals surface area contributed by atoms with Crippen LogP contribution in [0.15, 0.2) is 24.3 Å². The average Bonchev–Trinajstić information content (AvgIpc) is 2.46. The van der Waals surface area contributed by atoms with Gasteiger partial charge in [0, 0.05) is 12.0 Å². The number of aliphatic hydroxyl groups is 1. The summed E-state index contributed by atoms with van der Waals surface area (Å²) in [7, 11) is 0. The summed E-state index contributed by atoms with van der Waals surface area (Å²) in [6.45, 7) is -1.09. The zero-order chi connectivity index (χ0) is 15.3.